The Morgan fingerprint density at radius 1 is 1.22 bits per heavy atom. The summed E-state index contributed by atoms with van der Waals surface area (Å²) in [5.41, 5.74) is 1.33. The first-order valence-corrected chi connectivity index (χ1v) is 7.28. The van der Waals surface area contributed by atoms with Gasteiger partial charge >= 0.3 is 0 Å². The van der Waals surface area contributed by atoms with E-state index in [1.807, 2.05) is 0 Å². The van der Waals surface area contributed by atoms with Gasteiger partial charge in [-0.1, -0.05) is 17.7 Å². The van der Waals surface area contributed by atoms with Crippen LogP contribution in [-0.2, 0) is 0 Å². The third-order valence-electron chi connectivity index (χ3n) is 3.00. The fourth-order valence-corrected chi connectivity index (χ4v) is 2.16. The summed E-state index contributed by atoms with van der Waals surface area (Å²) in [6.45, 7) is 1.64. The fraction of sp³-hybridized carbons (Fsp3) is 0.0667. The molecule has 118 valence electrons. The maximum atomic E-state index is 12.0. The van der Waals surface area contributed by atoms with E-state index in [0.29, 0.717) is 21.8 Å². The van der Waals surface area contributed by atoms with Crippen LogP contribution in [0, 0.1) is 17.0 Å². The van der Waals surface area contributed by atoms with Crippen molar-refractivity contribution in [3.8, 4) is 0 Å². The maximum Gasteiger partial charge on any atom is 0.274 e. The predicted molar refractivity (Wildman–Crippen MR) is 93.0 cm³/mol. The van der Waals surface area contributed by atoms with Gasteiger partial charge in [0, 0.05) is 27.9 Å². The van der Waals surface area contributed by atoms with Gasteiger partial charge in [0.15, 0.2) is 5.11 Å². The molecule has 0 aliphatic carbocycles. The van der Waals surface area contributed by atoms with Crippen molar-refractivity contribution in [1.82, 2.24) is 5.32 Å². The van der Waals surface area contributed by atoms with E-state index < -0.39 is 10.8 Å². The molecule has 1 amide bonds. The Morgan fingerprint density at radius 3 is 2.48 bits per heavy atom. The predicted octanol–water partition coefficient (Wildman–Crippen LogP) is 3.68. The standard InChI is InChI=1S/C15H12ClN3O3S/c1-9-2-7-12(8-13(9)19(21)22)17-15(23)18-14(20)10-3-5-11(16)6-4-10/h2-8H,1H3,(H2,17,18,20,23). The van der Waals surface area contributed by atoms with Crippen LogP contribution in [-0.4, -0.2) is 15.9 Å². The van der Waals surface area contributed by atoms with Gasteiger partial charge in [0.05, 0.1) is 4.92 Å². The second-order valence-corrected chi connectivity index (χ2v) is 5.52. The summed E-state index contributed by atoms with van der Waals surface area (Å²) in [4.78, 5) is 22.4. The summed E-state index contributed by atoms with van der Waals surface area (Å²) < 4.78 is 0. The van der Waals surface area contributed by atoms with E-state index in [2.05, 4.69) is 10.6 Å². The molecule has 0 unspecified atom stereocenters. The molecule has 0 bridgehead atoms. The number of hydrogen-bond acceptors (Lipinski definition) is 4. The Labute approximate surface area is 142 Å². The van der Waals surface area contributed by atoms with Crippen molar-refractivity contribution < 1.29 is 9.72 Å². The molecular formula is C15H12ClN3O3S. The van der Waals surface area contributed by atoms with Gasteiger partial charge < -0.3 is 5.32 Å². The maximum absolute atomic E-state index is 12.0. The minimum absolute atomic E-state index is 0.0261. The van der Waals surface area contributed by atoms with Gasteiger partial charge in [-0.05, 0) is 49.5 Å². The van der Waals surface area contributed by atoms with Gasteiger partial charge in [-0.2, -0.15) is 0 Å². The van der Waals surface area contributed by atoms with Crippen LogP contribution in [0.1, 0.15) is 15.9 Å². The molecule has 0 aliphatic rings. The number of hydrogen-bond donors (Lipinski definition) is 2. The molecule has 0 saturated heterocycles. The molecule has 6 nitrogen and oxygen atoms in total. The number of nitrogens with zero attached hydrogens (tertiary/aromatic N) is 1. The molecule has 0 aromatic heterocycles. The molecule has 0 aliphatic heterocycles. The van der Waals surface area contributed by atoms with Crippen molar-refractivity contribution in [2.75, 3.05) is 5.32 Å². The molecule has 0 saturated carbocycles. The highest BCUT2D eigenvalue weighted by Gasteiger charge is 2.12. The Morgan fingerprint density at radius 2 is 1.87 bits per heavy atom. The number of aryl methyl sites for hydroxylation is 1. The number of rotatable bonds is 3. The number of halogens is 1. The summed E-state index contributed by atoms with van der Waals surface area (Å²) in [6.07, 6.45) is 0. The zero-order valence-corrected chi connectivity index (χ0v) is 13.6. The number of anilines is 1. The highest BCUT2D eigenvalue weighted by molar-refractivity contribution is 7.80. The minimum atomic E-state index is -0.476. The first-order valence-electron chi connectivity index (χ1n) is 6.50. The molecule has 0 fully saturated rings. The first-order chi connectivity index (χ1) is 10.9. The molecule has 23 heavy (non-hydrogen) atoms. The average Bonchev–Trinajstić information content (AvgIpc) is 2.49. The molecule has 0 spiro atoms. The molecule has 2 N–H and O–H groups in total. The second kappa shape index (κ2) is 7.17. The number of nitro groups is 1. The van der Waals surface area contributed by atoms with Gasteiger partial charge in [0.2, 0.25) is 0 Å². The lowest BCUT2D eigenvalue weighted by Gasteiger charge is -2.10. The van der Waals surface area contributed by atoms with Crippen molar-refractivity contribution in [3.63, 3.8) is 0 Å². The normalized spacial score (nSPS) is 10.0. The van der Waals surface area contributed by atoms with Crippen LogP contribution in [0.15, 0.2) is 42.5 Å². The Kier molecular flexibility index (Phi) is 5.25. The van der Waals surface area contributed by atoms with Crippen LogP contribution < -0.4 is 10.6 Å². The zero-order chi connectivity index (χ0) is 17.0. The lowest BCUT2D eigenvalue weighted by molar-refractivity contribution is -0.385. The number of thiocarbonyl (C=S) groups is 1. The lowest BCUT2D eigenvalue weighted by Crippen LogP contribution is -2.34. The van der Waals surface area contributed by atoms with Gasteiger partial charge in [0.1, 0.15) is 0 Å². The second-order valence-electron chi connectivity index (χ2n) is 4.67. The molecule has 8 heteroatoms. The summed E-state index contributed by atoms with van der Waals surface area (Å²) in [6, 6.07) is 10.9. The minimum Gasteiger partial charge on any atom is -0.332 e. The van der Waals surface area contributed by atoms with Crippen molar-refractivity contribution in [2.24, 2.45) is 0 Å². The number of nitrogens with one attached hydrogen (secondary N) is 2. The third kappa shape index (κ3) is 4.48. The van der Waals surface area contributed by atoms with E-state index in [9.17, 15) is 14.9 Å². The number of carbonyl (C=O) groups is 1. The zero-order valence-electron chi connectivity index (χ0n) is 12.0. The van der Waals surface area contributed by atoms with Gasteiger partial charge in [0.25, 0.3) is 11.6 Å². The van der Waals surface area contributed by atoms with Crippen LogP contribution >= 0.6 is 23.8 Å². The summed E-state index contributed by atoms with van der Waals surface area (Å²) >= 11 is 10.8. The van der Waals surface area contributed by atoms with Gasteiger partial charge in [-0.3, -0.25) is 20.2 Å². The molecule has 2 aromatic rings. The van der Waals surface area contributed by atoms with Gasteiger partial charge in [-0.15, -0.1) is 0 Å². The lowest BCUT2D eigenvalue weighted by atomic mass is 10.2. The van der Waals surface area contributed by atoms with E-state index in [1.165, 1.54) is 6.07 Å². The third-order valence-corrected chi connectivity index (χ3v) is 3.45. The summed E-state index contributed by atoms with van der Waals surface area (Å²) in [5.74, 6) is -0.402. The van der Waals surface area contributed by atoms with E-state index in [1.54, 1.807) is 43.3 Å². The highest BCUT2D eigenvalue weighted by Crippen LogP contribution is 2.22. The average molecular weight is 350 g/mol. The van der Waals surface area contributed by atoms with Crippen molar-refractivity contribution in [2.45, 2.75) is 6.92 Å². The van der Waals surface area contributed by atoms with Crippen molar-refractivity contribution in [3.05, 3.63) is 68.7 Å². The van der Waals surface area contributed by atoms with Crippen LogP contribution in [0.25, 0.3) is 0 Å². The Balaban J connectivity index is 2.05. The van der Waals surface area contributed by atoms with Crippen molar-refractivity contribution in [1.29, 1.82) is 0 Å². The van der Waals surface area contributed by atoms with Gasteiger partial charge in [-0.25, -0.2) is 0 Å². The number of carbonyl (C=O) groups excluding carboxylic acids is 1. The first kappa shape index (κ1) is 16.9. The van der Waals surface area contributed by atoms with E-state index in [0.717, 1.165) is 0 Å². The quantitative estimate of drug-likeness (QED) is 0.501. The SMILES string of the molecule is Cc1ccc(NC(=S)NC(=O)c2ccc(Cl)cc2)cc1[N+](=O)[O-]. The molecular weight excluding hydrogens is 338 g/mol. The summed E-state index contributed by atoms with van der Waals surface area (Å²) in [5, 5.41) is 16.7. The topological polar surface area (TPSA) is 84.3 Å². The molecule has 2 aromatic carbocycles. The highest BCUT2D eigenvalue weighted by atomic mass is 35.5. The number of amides is 1. The molecule has 0 heterocycles. The molecule has 2 rings (SSSR count). The van der Waals surface area contributed by atoms with E-state index >= 15 is 0 Å². The largest absolute Gasteiger partial charge is 0.332 e. The Hall–Kier alpha value is -2.51. The molecule has 0 radical (unpaired) electrons. The monoisotopic (exact) mass is 349 g/mol. The van der Waals surface area contributed by atoms with E-state index in [4.69, 9.17) is 23.8 Å². The van der Waals surface area contributed by atoms with Crippen LogP contribution in [0.2, 0.25) is 5.02 Å². The number of nitro benzene ring substituents is 1. The van der Waals surface area contributed by atoms with Crippen molar-refractivity contribution >= 4 is 46.2 Å². The molecule has 0 atom stereocenters. The fourth-order valence-electron chi connectivity index (χ4n) is 1.82. The smallest absolute Gasteiger partial charge is 0.274 e. The van der Waals surface area contributed by atoms with Crippen LogP contribution in [0.3, 0.4) is 0 Å². The van der Waals surface area contributed by atoms with E-state index in [-0.39, 0.29) is 10.8 Å². The number of benzene rings is 2. The van der Waals surface area contributed by atoms with Crippen LogP contribution in [0.4, 0.5) is 11.4 Å². The Bertz CT molecular complexity index is 778. The summed E-state index contributed by atoms with van der Waals surface area (Å²) in [7, 11) is 0. The van der Waals surface area contributed by atoms with Crippen LogP contribution in [0.5, 0.6) is 0 Å².